The zero-order valence-electron chi connectivity index (χ0n) is 17.1. The van der Waals surface area contributed by atoms with Gasteiger partial charge in [-0.25, -0.2) is 8.42 Å². The summed E-state index contributed by atoms with van der Waals surface area (Å²) in [6, 6.07) is 16.5. The lowest BCUT2D eigenvalue weighted by Crippen LogP contribution is -2.28. The fourth-order valence-corrected chi connectivity index (χ4v) is 5.02. The van der Waals surface area contributed by atoms with Gasteiger partial charge in [0.15, 0.2) is 0 Å². The van der Waals surface area contributed by atoms with Gasteiger partial charge >= 0.3 is 0 Å². The quantitative estimate of drug-likeness (QED) is 0.354. The van der Waals surface area contributed by atoms with E-state index >= 15 is 0 Å². The molecule has 0 saturated heterocycles. The van der Waals surface area contributed by atoms with Gasteiger partial charge in [-0.2, -0.15) is 4.68 Å². The molecule has 0 aliphatic carbocycles. The molecule has 0 aliphatic heterocycles. The first-order chi connectivity index (χ1) is 14.9. The molecule has 0 unspecified atom stereocenters. The minimum Gasteiger partial charge on any atom is -0.497 e. The number of methoxy groups -OCH3 is 1. The molecule has 0 bridgehead atoms. The predicted octanol–water partition coefficient (Wildman–Crippen LogP) is 3.61. The summed E-state index contributed by atoms with van der Waals surface area (Å²) in [6.45, 7) is 2.19. The van der Waals surface area contributed by atoms with Crippen molar-refractivity contribution in [3.05, 3.63) is 70.3 Å². The largest absolute Gasteiger partial charge is 0.497 e. The molecule has 0 radical (unpaired) electrons. The van der Waals surface area contributed by atoms with Gasteiger partial charge in [-0.05, 0) is 50.4 Å². The van der Waals surface area contributed by atoms with E-state index in [2.05, 4.69) is 38.1 Å². The average molecular weight is 554 g/mol. The van der Waals surface area contributed by atoms with Crippen molar-refractivity contribution in [3.63, 3.8) is 0 Å². The van der Waals surface area contributed by atoms with Gasteiger partial charge in [0.25, 0.3) is 5.16 Å². The molecule has 31 heavy (non-hydrogen) atoms. The number of tetrazole rings is 1. The first-order valence-electron chi connectivity index (χ1n) is 9.52. The van der Waals surface area contributed by atoms with Crippen LogP contribution in [0.4, 0.5) is 0 Å². The number of hydrogen-bond acceptors (Lipinski definition) is 7. The van der Waals surface area contributed by atoms with E-state index in [0.29, 0.717) is 12.3 Å². The summed E-state index contributed by atoms with van der Waals surface area (Å²) in [5.41, 5.74) is 1.55. The summed E-state index contributed by atoms with van der Waals surface area (Å²) in [6.07, 6.45) is 1.46. The van der Waals surface area contributed by atoms with Crippen LogP contribution < -0.4 is 4.74 Å². The van der Waals surface area contributed by atoms with E-state index in [1.54, 1.807) is 31.4 Å². The molecule has 164 valence electrons. The molecule has 8 nitrogen and oxygen atoms in total. The van der Waals surface area contributed by atoms with Gasteiger partial charge in [-0.15, -0.1) is 0 Å². The highest BCUT2D eigenvalue weighted by molar-refractivity contribution is 14.1. The molecule has 0 fully saturated rings. The van der Waals surface area contributed by atoms with E-state index in [-0.39, 0.29) is 16.8 Å². The van der Waals surface area contributed by atoms with Crippen molar-refractivity contribution >= 4 is 32.4 Å². The summed E-state index contributed by atoms with van der Waals surface area (Å²) >= 11 is 2.10. The highest BCUT2D eigenvalue weighted by atomic mass is 127. The van der Waals surface area contributed by atoms with E-state index in [9.17, 15) is 8.42 Å². The number of para-hydroxylation sites is 1. The number of ether oxygens (including phenoxy) is 2. The fourth-order valence-electron chi connectivity index (χ4n) is 3.01. The van der Waals surface area contributed by atoms with Gasteiger partial charge in [-0.1, -0.05) is 64.9 Å². The minimum absolute atomic E-state index is 0.158. The second kappa shape index (κ2) is 10.8. The predicted molar refractivity (Wildman–Crippen MR) is 125 cm³/mol. The molecule has 2 aromatic carbocycles. The summed E-state index contributed by atoms with van der Waals surface area (Å²) < 4.78 is 40.4. The monoisotopic (exact) mass is 554 g/mol. The summed E-state index contributed by atoms with van der Waals surface area (Å²) in [4.78, 5) is 0. The van der Waals surface area contributed by atoms with Crippen LogP contribution in [0.25, 0.3) is 5.69 Å². The molecule has 10 heteroatoms. The Labute approximate surface area is 195 Å². The second-order valence-corrected chi connectivity index (χ2v) is 9.56. The molecule has 0 aliphatic rings. The van der Waals surface area contributed by atoms with Crippen molar-refractivity contribution in [2.45, 2.75) is 24.8 Å². The molecular formula is C21H23IN4O4S. The van der Waals surface area contributed by atoms with E-state index in [1.807, 2.05) is 47.4 Å². The third kappa shape index (κ3) is 6.11. The molecule has 1 aromatic heterocycles. The Hall–Kier alpha value is -2.31. The Balaban J connectivity index is 1.72. The first-order valence-corrected chi connectivity index (χ1v) is 12.4. The van der Waals surface area contributed by atoms with Crippen molar-refractivity contribution in [1.82, 2.24) is 20.2 Å². The summed E-state index contributed by atoms with van der Waals surface area (Å²) in [5, 5.41) is 11.0. The minimum atomic E-state index is -3.76. The topological polar surface area (TPSA) is 96.2 Å². The second-order valence-electron chi connectivity index (χ2n) is 6.91. The van der Waals surface area contributed by atoms with Crippen LogP contribution in [0, 0.1) is 5.92 Å². The van der Waals surface area contributed by atoms with E-state index in [1.165, 1.54) is 4.68 Å². The normalized spacial score (nSPS) is 13.9. The number of benzene rings is 2. The number of rotatable bonds is 10. The lowest BCUT2D eigenvalue weighted by molar-refractivity contribution is 0.0438. The zero-order valence-corrected chi connectivity index (χ0v) is 20.1. The molecule has 3 aromatic rings. The van der Waals surface area contributed by atoms with Crippen LogP contribution in [-0.2, 0) is 21.2 Å². The van der Waals surface area contributed by atoms with Crippen molar-refractivity contribution in [1.29, 1.82) is 0 Å². The maximum atomic E-state index is 13.1. The molecular weight excluding hydrogens is 531 g/mol. The van der Waals surface area contributed by atoms with Crippen LogP contribution in [0.3, 0.4) is 0 Å². The van der Waals surface area contributed by atoms with E-state index in [0.717, 1.165) is 11.3 Å². The Bertz CT molecular complexity index is 1100. The Morgan fingerprint density at radius 3 is 2.48 bits per heavy atom. The molecule has 0 amide bonds. The molecule has 3 rings (SSSR count). The zero-order chi connectivity index (χ0) is 22.3. The standard InChI is InChI=1S/C21H23IN4O4S/c1-16(20(12-13-22)30-14-17-8-10-19(29-2)11-9-17)15-31(27,28)21-23-24-25-26(21)18-6-4-3-5-7-18/h3-13,16,20H,14-15H2,1-2H3/b13-12+/t16-,20+/m0/s1. The van der Waals surface area contributed by atoms with Crippen LogP contribution >= 0.6 is 22.6 Å². The van der Waals surface area contributed by atoms with Crippen LogP contribution in [-0.4, -0.2) is 47.6 Å². The van der Waals surface area contributed by atoms with Gasteiger partial charge < -0.3 is 9.47 Å². The third-order valence-corrected chi connectivity index (χ3v) is 6.82. The van der Waals surface area contributed by atoms with Crippen LogP contribution in [0.2, 0.25) is 0 Å². The Morgan fingerprint density at radius 1 is 1.13 bits per heavy atom. The lowest BCUT2D eigenvalue weighted by Gasteiger charge is -2.21. The fraction of sp³-hybridized carbons (Fsp3) is 0.286. The number of halogens is 1. The molecule has 0 N–H and O–H groups in total. The van der Waals surface area contributed by atoms with Crippen molar-refractivity contribution in [2.24, 2.45) is 5.92 Å². The van der Waals surface area contributed by atoms with Crippen LogP contribution in [0.1, 0.15) is 12.5 Å². The van der Waals surface area contributed by atoms with E-state index < -0.39 is 15.9 Å². The third-order valence-electron chi connectivity index (χ3n) is 4.63. The van der Waals surface area contributed by atoms with Crippen LogP contribution in [0.15, 0.2) is 69.9 Å². The summed E-state index contributed by atoms with van der Waals surface area (Å²) in [5.74, 6) is 0.285. The number of sulfone groups is 1. The van der Waals surface area contributed by atoms with Gasteiger partial charge in [0.1, 0.15) is 5.75 Å². The first kappa shape index (κ1) is 23.4. The SMILES string of the molecule is COc1ccc(CO[C@H](/C=C/I)[C@@H](C)CS(=O)(=O)c2nnnn2-c2ccccc2)cc1. The average Bonchev–Trinajstić information content (AvgIpc) is 3.28. The van der Waals surface area contributed by atoms with Gasteiger partial charge in [-0.3, -0.25) is 0 Å². The number of aromatic nitrogens is 4. The Morgan fingerprint density at radius 2 is 1.84 bits per heavy atom. The van der Waals surface area contributed by atoms with Gasteiger partial charge in [0.05, 0.1) is 31.3 Å². The number of hydrogen-bond donors (Lipinski definition) is 0. The van der Waals surface area contributed by atoms with Crippen molar-refractivity contribution in [3.8, 4) is 11.4 Å². The highest BCUT2D eigenvalue weighted by Crippen LogP contribution is 2.21. The van der Waals surface area contributed by atoms with Crippen molar-refractivity contribution < 1.29 is 17.9 Å². The van der Waals surface area contributed by atoms with Crippen molar-refractivity contribution in [2.75, 3.05) is 12.9 Å². The van der Waals surface area contributed by atoms with Crippen LogP contribution in [0.5, 0.6) is 5.75 Å². The molecule has 1 heterocycles. The lowest BCUT2D eigenvalue weighted by atomic mass is 10.1. The molecule has 0 saturated carbocycles. The molecule has 2 atom stereocenters. The maximum Gasteiger partial charge on any atom is 0.272 e. The smallest absolute Gasteiger partial charge is 0.272 e. The Kier molecular flexibility index (Phi) is 8.15. The highest BCUT2D eigenvalue weighted by Gasteiger charge is 2.29. The summed E-state index contributed by atoms with van der Waals surface area (Å²) in [7, 11) is -2.14. The number of nitrogens with zero attached hydrogens (tertiary/aromatic N) is 4. The maximum absolute atomic E-state index is 13.1. The van der Waals surface area contributed by atoms with Gasteiger partial charge in [0, 0.05) is 5.92 Å². The van der Waals surface area contributed by atoms with Gasteiger partial charge in [0.2, 0.25) is 9.84 Å². The molecule has 0 spiro atoms. The van der Waals surface area contributed by atoms with E-state index in [4.69, 9.17) is 9.47 Å².